The molecular weight excluding hydrogens is 266 g/mol. The van der Waals surface area contributed by atoms with Crippen molar-refractivity contribution in [1.29, 1.82) is 0 Å². The number of aromatic nitrogens is 2. The van der Waals surface area contributed by atoms with Crippen molar-refractivity contribution in [2.45, 2.75) is 6.18 Å². The van der Waals surface area contributed by atoms with E-state index < -0.39 is 23.1 Å². The van der Waals surface area contributed by atoms with E-state index >= 15 is 0 Å². The zero-order valence-electron chi connectivity index (χ0n) is 9.25. The molecule has 0 aliphatic heterocycles. The Morgan fingerprint density at radius 3 is 2.47 bits per heavy atom. The van der Waals surface area contributed by atoms with Crippen LogP contribution in [0.15, 0.2) is 35.1 Å². The van der Waals surface area contributed by atoms with E-state index in [4.69, 9.17) is 0 Å². The highest BCUT2D eigenvalue weighted by atomic mass is 19.4. The predicted molar refractivity (Wildman–Crippen MR) is 59.5 cm³/mol. The Morgan fingerprint density at radius 1 is 1.16 bits per heavy atom. The Bertz CT molecular complexity index is 631. The largest absolute Gasteiger partial charge is 0.416 e. The van der Waals surface area contributed by atoms with Crippen molar-refractivity contribution < 1.29 is 17.6 Å². The fourth-order valence-electron chi connectivity index (χ4n) is 1.35. The van der Waals surface area contributed by atoms with E-state index in [0.29, 0.717) is 18.2 Å². The molecule has 19 heavy (non-hydrogen) atoms. The molecule has 2 N–H and O–H groups in total. The first-order valence-electron chi connectivity index (χ1n) is 5.06. The number of aromatic amines is 1. The number of nitrogens with one attached hydrogen (secondary N) is 2. The Morgan fingerprint density at radius 2 is 1.89 bits per heavy atom. The summed E-state index contributed by atoms with van der Waals surface area (Å²) in [6, 6.07) is 4.30. The SMILES string of the molecule is O=c1ccc(Nc2cc(C(F)(F)F)ccc2F)n[nH]1. The van der Waals surface area contributed by atoms with Crippen molar-refractivity contribution in [1.82, 2.24) is 10.2 Å². The molecule has 0 unspecified atom stereocenters. The fourth-order valence-corrected chi connectivity index (χ4v) is 1.35. The topological polar surface area (TPSA) is 57.8 Å². The summed E-state index contributed by atoms with van der Waals surface area (Å²) in [5.74, 6) is -0.834. The molecule has 0 saturated heterocycles. The third-order valence-corrected chi connectivity index (χ3v) is 2.24. The first-order chi connectivity index (χ1) is 8.86. The maximum atomic E-state index is 13.4. The molecule has 100 valence electrons. The number of H-pyrrole nitrogens is 1. The third-order valence-electron chi connectivity index (χ3n) is 2.24. The normalized spacial score (nSPS) is 11.4. The number of nitrogens with zero attached hydrogens (tertiary/aromatic N) is 1. The molecule has 1 heterocycles. The number of hydrogen-bond donors (Lipinski definition) is 2. The number of halogens is 4. The Labute approximate surface area is 104 Å². The molecule has 0 aliphatic rings. The van der Waals surface area contributed by atoms with Crippen LogP contribution in [0.2, 0.25) is 0 Å². The Kier molecular flexibility index (Phi) is 3.24. The predicted octanol–water partition coefficient (Wildman–Crippen LogP) is 2.67. The minimum atomic E-state index is -4.57. The quantitative estimate of drug-likeness (QED) is 0.827. The zero-order valence-corrected chi connectivity index (χ0v) is 9.25. The van der Waals surface area contributed by atoms with Crippen LogP contribution >= 0.6 is 0 Å². The van der Waals surface area contributed by atoms with Gasteiger partial charge in [0, 0.05) is 6.07 Å². The molecule has 0 bridgehead atoms. The molecule has 8 heteroatoms. The van der Waals surface area contributed by atoms with Crippen molar-refractivity contribution in [3.05, 3.63) is 52.1 Å². The zero-order chi connectivity index (χ0) is 14.0. The van der Waals surface area contributed by atoms with Crippen LogP contribution < -0.4 is 10.9 Å². The van der Waals surface area contributed by atoms with E-state index in [-0.39, 0.29) is 11.5 Å². The van der Waals surface area contributed by atoms with E-state index in [1.165, 1.54) is 6.07 Å². The van der Waals surface area contributed by atoms with Crippen LogP contribution in [0.25, 0.3) is 0 Å². The van der Waals surface area contributed by atoms with Crippen LogP contribution in [0.5, 0.6) is 0 Å². The number of benzene rings is 1. The molecule has 4 nitrogen and oxygen atoms in total. The lowest BCUT2D eigenvalue weighted by atomic mass is 10.2. The molecule has 0 spiro atoms. The van der Waals surface area contributed by atoms with Crippen LogP contribution in [-0.2, 0) is 6.18 Å². The average Bonchev–Trinajstić information content (AvgIpc) is 2.33. The van der Waals surface area contributed by atoms with Gasteiger partial charge in [-0.2, -0.15) is 18.3 Å². The lowest BCUT2D eigenvalue weighted by molar-refractivity contribution is -0.137. The summed E-state index contributed by atoms with van der Waals surface area (Å²) in [7, 11) is 0. The summed E-state index contributed by atoms with van der Waals surface area (Å²) in [5.41, 5.74) is -1.84. The van der Waals surface area contributed by atoms with E-state index in [1.54, 1.807) is 0 Å². The van der Waals surface area contributed by atoms with Crippen LogP contribution in [0.4, 0.5) is 29.1 Å². The average molecular weight is 273 g/mol. The molecule has 1 aromatic carbocycles. The molecule has 0 radical (unpaired) electrons. The van der Waals surface area contributed by atoms with Gasteiger partial charge in [-0.15, -0.1) is 0 Å². The number of rotatable bonds is 2. The van der Waals surface area contributed by atoms with Gasteiger partial charge >= 0.3 is 6.18 Å². The lowest BCUT2D eigenvalue weighted by Gasteiger charge is -2.10. The first kappa shape index (κ1) is 13.1. The molecule has 2 rings (SSSR count). The van der Waals surface area contributed by atoms with Gasteiger partial charge in [-0.25, -0.2) is 9.49 Å². The van der Waals surface area contributed by atoms with Gasteiger partial charge in [0.2, 0.25) is 0 Å². The van der Waals surface area contributed by atoms with Crippen LogP contribution in [-0.4, -0.2) is 10.2 Å². The van der Waals surface area contributed by atoms with Gasteiger partial charge in [0.05, 0.1) is 11.3 Å². The van der Waals surface area contributed by atoms with E-state index in [0.717, 1.165) is 6.07 Å². The molecule has 0 atom stereocenters. The lowest BCUT2D eigenvalue weighted by Crippen LogP contribution is -2.09. The highest BCUT2D eigenvalue weighted by molar-refractivity contribution is 5.57. The molecule has 0 fully saturated rings. The standard InChI is InChI=1S/C11H7F4N3O/c12-7-2-1-6(11(13,14)15)5-8(7)16-9-3-4-10(19)18-17-9/h1-5H,(H,16,17)(H,18,19). The maximum Gasteiger partial charge on any atom is 0.416 e. The van der Waals surface area contributed by atoms with Crippen molar-refractivity contribution in [2.24, 2.45) is 0 Å². The van der Waals surface area contributed by atoms with Crippen LogP contribution in [0.1, 0.15) is 5.56 Å². The maximum absolute atomic E-state index is 13.4. The highest BCUT2D eigenvalue weighted by Gasteiger charge is 2.31. The Balaban J connectivity index is 2.34. The van der Waals surface area contributed by atoms with Crippen LogP contribution in [0.3, 0.4) is 0 Å². The van der Waals surface area contributed by atoms with Crippen molar-refractivity contribution >= 4 is 11.5 Å². The summed E-state index contributed by atoms with van der Waals surface area (Å²) in [6.07, 6.45) is -4.57. The van der Waals surface area contributed by atoms with Gasteiger partial charge in [0.25, 0.3) is 5.56 Å². The monoisotopic (exact) mass is 273 g/mol. The van der Waals surface area contributed by atoms with E-state index in [9.17, 15) is 22.4 Å². The van der Waals surface area contributed by atoms with Gasteiger partial charge in [-0.05, 0) is 24.3 Å². The van der Waals surface area contributed by atoms with Crippen molar-refractivity contribution in [3.8, 4) is 0 Å². The van der Waals surface area contributed by atoms with E-state index in [2.05, 4.69) is 15.5 Å². The second-order valence-electron chi connectivity index (χ2n) is 3.62. The fraction of sp³-hybridized carbons (Fsp3) is 0.0909. The minimum Gasteiger partial charge on any atom is -0.336 e. The number of anilines is 2. The highest BCUT2D eigenvalue weighted by Crippen LogP contribution is 2.32. The van der Waals surface area contributed by atoms with Crippen molar-refractivity contribution in [3.63, 3.8) is 0 Å². The Hall–Kier alpha value is -2.38. The van der Waals surface area contributed by atoms with Gasteiger partial charge in [0.15, 0.2) is 5.82 Å². The second-order valence-corrected chi connectivity index (χ2v) is 3.62. The molecule has 0 amide bonds. The van der Waals surface area contributed by atoms with Gasteiger partial charge in [0.1, 0.15) is 5.82 Å². The van der Waals surface area contributed by atoms with Crippen molar-refractivity contribution in [2.75, 3.05) is 5.32 Å². The van der Waals surface area contributed by atoms with Gasteiger partial charge in [-0.3, -0.25) is 4.79 Å². The second kappa shape index (κ2) is 4.71. The van der Waals surface area contributed by atoms with Gasteiger partial charge < -0.3 is 5.32 Å². The summed E-state index contributed by atoms with van der Waals surface area (Å²) in [5, 5.41) is 7.94. The smallest absolute Gasteiger partial charge is 0.336 e. The number of alkyl halides is 3. The number of hydrogen-bond acceptors (Lipinski definition) is 3. The summed E-state index contributed by atoms with van der Waals surface area (Å²) in [4.78, 5) is 10.8. The summed E-state index contributed by atoms with van der Waals surface area (Å²) in [6.45, 7) is 0. The molecule has 2 aromatic rings. The summed E-state index contributed by atoms with van der Waals surface area (Å²) < 4.78 is 50.8. The van der Waals surface area contributed by atoms with Crippen LogP contribution in [0, 0.1) is 5.82 Å². The molecule has 1 aromatic heterocycles. The molecular formula is C11H7F4N3O. The minimum absolute atomic E-state index is 0.0258. The van der Waals surface area contributed by atoms with Gasteiger partial charge in [-0.1, -0.05) is 0 Å². The molecule has 0 saturated carbocycles. The van der Waals surface area contributed by atoms with E-state index in [1.807, 2.05) is 0 Å². The molecule has 0 aliphatic carbocycles. The summed E-state index contributed by atoms with van der Waals surface area (Å²) >= 11 is 0. The first-order valence-corrected chi connectivity index (χ1v) is 5.06. The third kappa shape index (κ3) is 3.09.